The number of benzene rings is 1. The SMILES string of the molecule is Nc1ccc(CCC=O)cc1. The largest absolute Gasteiger partial charge is 0.399 e. The minimum Gasteiger partial charge on any atom is -0.399 e. The molecule has 0 fully saturated rings. The fourth-order valence-electron chi connectivity index (χ4n) is 0.910. The van der Waals surface area contributed by atoms with E-state index in [-0.39, 0.29) is 0 Å². The minimum absolute atomic E-state index is 0.587. The van der Waals surface area contributed by atoms with Gasteiger partial charge in [0.15, 0.2) is 0 Å². The van der Waals surface area contributed by atoms with Crippen LogP contribution >= 0.6 is 0 Å². The quantitative estimate of drug-likeness (QED) is 0.521. The van der Waals surface area contributed by atoms with Crippen LogP contribution in [0.25, 0.3) is 0 Å². The highest BCUT2D eigenvalue weighted by Crippen LogP contribution is 2.06. The molecular weight excluding hydrogens is 138 g/mol. The summed E-state index contributed by atoms with van der Waals surface area (Å²) in [6.45, 7) is 0. The summed E-state index contributed by atoms with van der Waals surface area (Å²) in [6, 6.07) is 7.58. The Morgan fingerprint density at radius 1 is 1.27 bits per heavy atom. The monoisotopic (exact) mass is 149 g/mol. The van der Waals surface area contributed by atoms with Gasteiger partial charge in [-0.2, -0.15) is 0 Å². The molecule has 0 aliphatic rings. The van der Waals surface area contributed by atoms with Gasteiger partial charge in [0.05, 0.1) is 0 Å². The maximum absolute atomic E-state index is 10.0. The number of carbonyl (C=O) groups is 1. The molecule has 0 spiro atoms. The molecule has 0 saturated carbocycles. The van der Waals surface area contributed by atoms with Gasteiger partial charge in [0.25, 0.3) is 0 Å². The van der Waals surface area contributed by atoms with Gasteiger partial charge in [-0.1, -0.05) is 12.1 Å². The lowest BCUT2D eigenvalue weighted by atomic mass is 10.1. The van der Waals surface area contributed by atoms with Crippen molar-refractivity contribution in [1.82, 2.24) is 0 Å². The van der Waals surface area contributed by atoms with E-state index < -0.39 is 0 Å². The van der Waals surface area contributed by atoms with Crippen LogP contribution in [0.2, 0.25) is 0 Å². The number of aldehydes is 1. The molecule has 2 heteroatoms. The van der Waals surface area contributed by atoms with Gasteiger partial charge in [-0.15, -0.1) is 0 Å². The van der Waals surface area contributed by atoms with Crippen molar-refractivity contribution in [2.45, 2.75) is 12.8 Å². The van der Waals surface area contributed by atoms with E-state index in [4.69, 9.17) is 5.73 Å². The summed E-state index contributed by atoms with van der Waals surface area (Å²) in [5, 5.41) is 0. The molecule has 0 saturated heterocycles. The van der Waals surface area contributed by atoms with Crippen LogP contribution in [0.4, 0.5) is 5.69 Å². The molecule has 0 unspecified atom stereocenters. The van der Waals surface area contributed by atoms with Crippen molar-refractivity contribution in [2.75, 3.05) is 5.73 Å². The molecule has 58 valence electrons. The second-order valence-electron chi connectivity index (χ2n) is 2.45. The van der Waals surface area contributed by atoms with Crippen molar-refractivity contribution in [1.29, 1.82) is 0 Å². The summed E-state index contributed by atoms with van der Waals surface area (Å²) in [5.74, 6) is 0. The Kier molecular flexibility index (Phi) is 2.66. The fraction of sp³-hybridized carbons (Fsp3) is 0.222. The van der Waals surface area contributed by atoms with Crippen molar-refractivity contribution < 1.29 is 4.79 Å². The Balaban J connectivity index is 2.58. The molecule has 0 aliphatic carbocycles. The number of hydrogen-bond acceptors (Lipinski definition) is 2. The van der Waals surface area contributed by atoms with Crippen molar-refractivity contribution >= 4 is 12.0 Å². The van der Waals surface area contributed by atoms with Crippen molar-refractivity contribution in [2.24, 2.45) is 0 Å². The van der Waals surface area contributed by atoms with Crippen LogP contribution < -0.4 is 5.73 Å². The lowest BCUT2D eigenvalue weighted by Crippen LogP contribution is -1.88. The van der Waals surface area contributed by atoms with Gasteiger partial charge < -0.3 is 10.5 Å². The first kappa shape index (κ1) is 7.79. The van der Waals surface area contributed by atoms with Crippen LogP contribution in [0.1, 0.15) is 12.0 Å². The molecule has 0 amide bonds. The molecule has 0 atom stereocenters. The third-order valence-electron chi connectivity index (χ3n) is 1.53. The predicted molar refractivity (Wildman–Crippen MR) is 45.2 cm³/mol. The molecule has 0 radical (unpaired) electrons. The zero-order valence-electron chi connectivity index (χ0n) is 6.29. The second kappa shape index (κ2) is 3.76. The summed E-state index contributed by atoms with van der Waals surface area (Å²) in [7, 11) is 0. The Hall–Kier alpha value is -1.31. The van der Waals surface area contributed by atoms with Gasteiger partial charge in [0, 0.05) is 12.1 Å². The smallest absolute Gasteiger partial charge is 0.120 e. The molecule has 0 aromatic heterocycles. The van der Waals surface area contributed by atoms with Crippen molar-refractivity contribution in [3.8, 4) is 0 Å². The Bertz CT molecular complexity index is 228. The highest BCUT2D eigenvalue weighted by molar-refractivity contribution is 5.50. The Labute approximate surface area is 66.0 Å². The van der Waals surface area contributed by atoms with Crippen LogP contribution in [0, 0.1) is 0 Å². The van der Waals surface area contributed by atoms with Crippen molar-refractivity contribution in [3.05, 3.63) is 29.8 Å². The van der Waals surface area contributed by atoms with Gasteiger partial charge in [0.1, 0.15) is 6.29 Å². The Morgan fingerprint density at radius 3 is 2.45 bits per heavy atom. The fourth-order valence-corrected chi connectivity index (χ4v) is 0.910. The van der Waals surface area contributed by atoms with Crippen LogP contribution in [-0.2, 0) is 11.2 Å². The molecule has 2 nitrogen and oxygen atoms in total. The van der Waals surface area contributed by atoms with Crippen molar-refractivity contribution in [3.63, 3.8) is 0 Å². The van der Waals surface area contributed by atoms with E-state index in [1.807, 2.05) is 24.3 Å². The second-order valence-corrected chi connectivity index (χ2v) is 2.45. The number of hydrogen-bond donors (Lipinski definition) is 1. The normalized spacial score (nSPS) is 9.45. The molecule has 1 aromatic rings. The highest BCUT2D eigenvalue weighted by Gasteiger charge is 1.90. The number of carbonyl (C=O) groups excluding carboxylic acids is 1. The van der Waals surface area contributed by atoms with E-state index in [0.717, 1.165) is 24.0 Å². The van der Waals surface area contributed by atoms with E-state index in [1.54, 1.807) is 0 Å². The first-order valence-corrected chi connectivity index (χ1v) is 3.61. The topological polar surface area (TPSA) is 43.1 Å². The average molecular weight is 149 g/mol. The van der Waals surface area contributed by atoms with Crippen LogP contribution in [0.5, 0.6) is 0 Å². The van der Waals surface area contributed by atoms with Gasteiger partial charge in [-0.3, -0.25) is 0 Å². The van der Waals surface area contributed by atoms with Crippen LogP contribution in [-0.4, -0.2) is 6.29 Å². The van der Waals surface area contributed by atoms with E-state index in [1.165, 1.54) is 0 Å². The first-order valence-electron chi connectivity index (χ1n) is 3.61. The zero-order valence-corrected chi connectivity index (χ0v) is 6.29. The molecule has 11 heavy (non-hydrogen) atoms. The van der Waals surface area contributed by atoms with E-state index in [2.05, 4.69) is 0 Å². The number of anilines is 1. The van der Waals surface area contributed by atoms with E-state index in [9.17, 15) is 4.79 Å². The van der Waals surface area contributed by atoms with Gasteiger partial charge >= 0.3 is 0 Å². The maximum atomic E-state index is 10.0. The number of aryl methyl sites for hydroxylation is 1. The Morgan fingerprint density at radius 2 is 1.91 bits per heavy atom. The zero-order chi connectivity index (χ0) is 8.10. The maximum Gasteiger partial charge on any atom is 0.120 e. The molecule has 0 aliphatic heterocycles. The third-order valence-corrected chi connectivity index (χ3v) is 1.53. The van der Waals surface area contributed by atoms with Gasteiger partial charge in [0.2, 0.25) is 0 Å². The molecule has 1 rings (SSSR count). The summed E-state index contributed by atoms with van der Waals surface area (Å²) in [6.07, 6.45) is 2.32. The van der Waals surface area contributed by atoms with Gasteiger partial charge in [-0.25, -0.2) is 0 Å². The summed E-state index contributed by atoms with van der Waals surface area (Å²) in [5.41, 5.74) is 7.41. The molecule has 0 bridgehead atoms. The molecular formula is C9H11NO. The minimum atomic E-state index is 0.587. The van der Waals surface area contributed by atoms with Gasteiger partial charge in [-0.05, 0) is 24.1 Å². The summed E-state index contributed by atoms with van der Waals surface area (Å²) < 4.78 is 0. The molecule has 2 N–H and O–H groups in total. The molecule has 1 aromatic carbocycles. The van der Waals surface area contributed by atoms with Crippen LogP contribution in [0.3, 0.4) is 0 Å². The molecule has 0 heterocycles. The lowest BCUT2D eigenvalue weighted by Gasteiger charge is -1.96. The van der Waals surface area contributed by atoms with E-state index >= 15 is 0 Å². The number of nitrogen functional groups attached to an aromatic ring is 1. The summed E-state index contributed by atoms with van der Waals surface area (Å²) >= 11 is 0. The third kappa shape index (κ3) is 2.42. The summed E-state index contributed by atoms with van der Waals surface area (Å²) in [4.78, 5) is 10.0. The average Bonchev–Trinajstić information content (AvgIpc) is 2.04. The predicted octanol–water partition coefficient (Wildman–Crippen LogP) is 1.40. The number of nitrogens with two attached hydrogens (primary N) is 1. The standard InChI is InChI=1S/C9H11NO/c10-9-5-3-8(4-6-9)2-1-7-11/h3-7H,1-2,10H2. The lowest BCUT2D eigenvalue weighted by molar-refractivity contribution is -0.107. The van der Waals surface area contributed by atoms with E-state index in [0.29, 0.717) is 6.42 Å². The van der Waals surface area contributed by atoms with Crippen LogP contribution in [0.15, 0.2) is 24.3 Å². The first-order chi connectivity index (χ1) is 5.33. The number of rotatable bonds is 3. The highest BCUT2D eigenvalue weighted by atomic mass is 16.1.